The number of hydrogen-bond donors (Lipinski definition) is 2. The van der Waals surface area contributed by atoms with Crippen LogP contribution in [0.1, 0.15) is 0 Å². The van der Waals surface area contributed by atoms with Crippen LogP contribution in [0.5, 0.6) is 0 Å². The third-order valence-electron chi connectivity index (χ3n) is 1.24. The van der Waals surface area contributed by atoms with E-state index < -0.39 is 0 Å². The highest BCUT2D eigenvalue weighted by atomic mass is 32.2. The molecule has 0 radical (unpaired) electrons. The SMILES string of the molecule is OSc1ncc2[nH]cnc2n1. The van der Waals surface area contributed by atoms with Crippen molar-refractivity contribution in [3.05, 3.63) is 12.5 Å². The molecule has 0 atom stereocenters. The molecule has 2 aromatic heterocycles. The van der Waals surface area contributed by atoms with Gasteiger partial charge in [-0.15, -0.1) is 0 Å². The average molecular weight is 168 g/mol. The Labute approximate surface area is 66.1 Å². The number of fused-ring (bicyclic) bond motifs is 1. The van der Waals surface area contributed by atoms with Crippen molar-refractivity contribution in [3.8, 4) is 0 Å². The second-order valence-electron chi connectivity index (χ2n) is 1.88. The molecule has 0 unspecified atom stereocenters. The van der Waals surface area contributed by atoms with Crippen molar-refractivity contribution in [2.24, 2.45) is 0 Å². The number of H-pyrrole nitrogens is 1. The number of aromatic amines is 1. The van der Waals surface area contributed by atoms with Crippen LogP contribution in [0.25, 0.3) is 11.2 Å². The fraction of sp³-hybridized carbons (Fsp3) is 0. The zero-order valence-corrected chi connectivity index (χ0v) is 6.17. The van der Waals surface area contributed by atoms with Crippen LogP contribution in [0.15, 0.2) is 17.7 Å². The van der Waals surface area contributed by atoms with E-state index in [4.69, 9.17) is 4.55 Å². The van der Waals surface area contributed by atoms with Crippen LogP contribution in [0.2, 0.25) is 0 Å². The van der Waals surface area contributed by atoms with Crippen LogP contribution in [-0.2, 0) is 0 Å². The van der Waals surface area contributed by atoms with E-state index in [-0.39, 0.29) is 0 Å². The van der Waals surface area contributed by atoms with Crippen LogP contribution in [0.3, 0.4) is 0 Å². The number of imidazole rings is 1. The fourth-order valence-electron chi connectivity index (χ4n) is 0.764. The first kappa shape index (κ1) is 6.56. The molecule has 0 aliphatic heterocycles. The minimum atomic E-state index is 0.310. The molecule has 0 spiro atoms. The molecule has 11 heavy (non-hydrogen) atoms. The van der Waals surface area contributed by atoms with Crippen LogP contribution in [-0.4, -0.2) is 24.5 Å². The normalized spacial score (nSPS) is 10.6. The smallest absolute Gasteiger partial charge is 0.217 e. The lowest BCUT2D eigenvalue weighted by Crippen LogP contribution is -1.85. The predicted molar refractivity (Wildman–Crippen MR) is 40.2 cm³/mol. The van der Waals surface area contributed by atoms with Gasteiger partial charge in [-0.05, 0) is 0 Å². The first-order valence-electron chi connectivity index (χ1n) is 2.87. The maximum atomic E-state index is 8.59. The maximum absolute atomic E-state index is 8.59. The average Bonchev–Trinajstić information content (AvgIpc) is 2.50. The second-order valence-corrected chi connectivity index (χ2v) is 2.43. The van der Waals surface area contributed by atoms with Gasteiger partial charge in [0, 0.05) is 0 Å². The van der Waals surface area contributed by atoms with Crippen LogP contribution in [0.4, 0.5) is 0 Å². The van der Waals surface area contributed by atoms with Gasteiger partial charge in [-0.2, -0.15) is 4.98 Å². The lowest BCUT2D eigenvalue weighted by molar-refractivity contribution is 0.655. The van der Waals surface area contributed by atoms with E-state index in [2.05, 4.69) is 19.9 Å². The highest BCUT2D eigenvalue weighted by Gasteiger charge is 1.99. The van der Waals surface area contributed by atoms with Crippen molar-refractivity contribution < 1.29 is 4.55 Å². The molecule has 6 heteroatoms. The van der Waals surface area contributed by atoms with Crippen LogP contribution < -0.4 is 0 Å². The van der Waals surface area contributed by atoms with Gasteiger partial charge in [0.05, 0.1) is 24.6 Å². The van der Waals surface area contributed by atoms with E-state index in [1.807, 2.05) is 0 Å². The molecule has 0 fully saturated rings. The lowest BCUT2D eigenvalue weighted by Gasteiger charge is -1.89. The first-order chi connectivity index (χ1) is 5.40. The number of nitrogens with one attached hydrogen (secondary N) is 1. The topological polar surface area (TPSA) is 74.7 Å². The summed E-state index contributed by atoms with van der Waals surface area (Å²) in [5.74, 6) is 0. The van der Waals surface area contributed by atoms with Gasteiger partial charge < -0.3 is 9.54 Å². The standard InChI is InChI=1S/C5H4N4OS/c10-11-5-6-1-3-4(9-5)8-2-7-3/h1-2,10H,(H,6,7,8,9). The number of hydrogen-bond acceptors (Lipinski definition) is 5. The highest BCUT2D eigenvalue weighted by molar-refractivity contribution is 7.93. The van der Waals surface area contributed by atoms with Gasteiger partial charge in [-0.25, -0.2) is 9.97 Å². The second kappa shape index (κ2) is 2.48. The molecule has 0 aliphatic rings. The summed E-state index contributed by atoms with van der Waals surface area (Å²) >= 11 is 0.511. The Morgan fingerprint density at radius 2 is 2.36 bits per heavy atom. The van der Waals surface area contributed by atoms with Gasteiger partial charge in [-0.3, -0.25) is 0 Å². The predicted octanol–water partition coefficient (Wildman–Crippen LogP) is 0.918. The molecule has 2 heterocycles. The monoisotopic (exact) mass is 168 g/mol. The van der Waals surface area contributed by atoms with Gasteiger partial charge in [0.1, 0.15) is 5.52 Å². The van der Waals surface area contributed by atoms with Crippen molar-refractivity contribution >= 4 is 23.2 Å². The third-order valence-corrected chi connectivity index (χ3v) is 1.60. The highest BCUT2D eigenvalue weighted by Crippen LogP contribution is 2.10. The quantitative estimate of drug-likeness (QED) is 0.489. The third kappa shape index (κ3) is 1.06. The molecular formula is C5H4N4OS. The van der Waals surface area contributed by atoms with Crippen molar-refractivity contribution in [2.75, 3.05) is 0 Å². The molecule has 0 aliphatic carbocycles. The van der Waals surface area contributed by atoms with Crippen molar-refractivity contribution in [1.82, 2.24) is 19.9 Å². The number of rotatable bonds is 1. The summed E-state index contributed by atoms with van der Waals surface area (Å²) in [6.07, 6.45) is 3.11. The summed E-state index contributed by atoms with van der Waals surface area (Å²) < 4.78 is 8.59. The molecule has 0 aromatic carbocycles. The Kier molecular flexibility index (Phi) is 1.48. The minimum absolute atomic E-state index is 0.310. The zero-order valence-electron chi connectivity index (χ0n) is 5.35. The van der Waals surface area contributed by atoms with E-state index >= 15 is 0 Å². The zero-order chi connectivity index (χ0) is 7.68. The maximum Gasteiger partial charge on any atom is 0.217 e. The summed E-state index contributed by atoms with van der Waals surface area (Å²) in [5.41, 5.74) is 1.33. The summed E-state index contributed by atoms with van der Waals surface area (Å²) in [6.45, 7) is 0. The molecule has 2 N–H and O–H groups in total. The Morgan fingerprint density at radius 3 is 3.18 bits per heavy atom. The molecule has 56 valence electrons. The van der Waals surface area contributed by atoms with E-state index in [1.165, 1.54) is 6.33 Å². The van der Waals surface area contributed by atoms with Gasteiger partial charge >= 0.3 is 0 Å². The van der Waals surface area contributed by atoms with Crippen LogP contribution >= 0.6 is 12.0 Å². The molecule has 0 bridgehead atoms. The molecule has 2 rings (SSSR count). The Morgan fingerprint density at radius 1 is 1.45 bits per heavy atom. The van der Waals surface area contributed by atoms with Crippen LogP contribution in [0, 0.1) is 0 Å². The van der Waals surface area contributed by atoms with E-state index in [9.17, 15) is 0 Å². The summed E-state index contributed by atoms with van der Waals surface area (Å²) in [4.78, 5) is 14.5. The molecule has 0 saturated heterocycles. The molecule has 0 saturated carbocycles. The summed E-state index contributed by atoms with van der Waals surface area (Å²) in [5, 5.41) is 0.310. The summed E-state index contributed by atoms with van der Waals surface area (Å²) in [7, 11) is 0. The van der Waals surface area contributed by atoms with E-state index in [0.29, 0.717) is 22.8 Å². The fourth-order valence-corrected chi connectivity index (χ4v) is 0.992. The Bertz CT molecular complexity index is 373. The lowest BCUT2D eigenvalue weighted by atomic mass is 10.6. The van der Waals surface area contributed by atoms with Gasteiger partial charge in [0.2, 0.25) is 5.16 Å². The Hall–Kier alpha value is -1.14. The molecule has 0 amide bonds. The minimum Gasteiger partial charge on any atom is -0.342 e. The van der Waals surface area contributed by atoms with E-state index in [0.717, 1.165) is 5.52 Å². The van der Waals surface area contributed by atoms with Crippen molar-refractivity contribution in [3.63, 3.8) is 0 Å². The van der Waals surface area contributed by atoms with Gasteiger partial charge in [0.15, 0.2) is 5.65 Å². The number of aromatic nitrogens is 4. The molecule has 2 aromatic rings. The first-order valence-corrected chi connectivity index (χ1v) is 3.65. The van der Waals surface area contributed by atoms with E-state index in [1.54, 1.807) is 6.20 Å². The summed E-state index contributed by atoms with van der Waals surface area (Å²) in [6, 6.07) is 0. The van der Waals surface area contributed by atoms with Gasteiger partial charge in [-0.1, -0.05) is 0 Å². The Balaban J connectivity index is 2.67. The molecular weight excluding hydrogens is 164 g/mol. The van der Waals surface area contributed by atoms with Crippen molar-refractivity contribution in [1.29, 1.82) is 0 Å². The number of nitrogens with zero attached hydrogens (tertiary/aromatic N) is 3. The van der Waals surface area contributed by atoms with Gasteiger partial charge in [0.25, 0.3) is 0 Å². The largest absolute Gasteiger partial charge is 0.342 e. The van der Waals surface area contributed by atoms with Crippen molar-refractivity contribution in [2.45, 2.75) is 5.16 Å². The molecule has 5 nitrogen and oxygen atoms in total.